The highest BCUT2D eigenvalue weighted by molar-refractivity contribution is 5.81. The van der Waals surface area contributed by atoms with Crippen molar-refractivity contribution in [3.05, 3.63) is 29.8 Å². The molecular formula is C17H26O3. The fourth-order valence-corrected chi connectivity index (χ4v) is 2.90. The molecule has 0 spiro atoms. The molecule has 2 atom stereocenters. The highest BCUT2D eigenvalue weighted by Gasteiger charge is 2.41. The van der Waals surface area contributed by atoms with E-state index in [2.05, 4.69) is 6.92 Å². The van der Waals surface area contributed by atoms with Gasteiger partial charge in [0.05, 0.1) is 5.41 Å². The molecule has 20 heavy (non-hydrogen) atoms. The average Bonchev–Trinajstić information content (AvgIpc) is 2.42. The van der Waals surface area contributed by atoms with Gasteiger partial charge in [-0.2, -0.15) is 0 Å². The number of unbranched alkanes of at least 4 members (excludes halogenated alkanes) is 2. The Labute approximate surface area is 121 Å². The highest BCUT2D eigenvalue weighted by atomic mass is 16.4. The number of carbonyl (C=O) groups is 1. The molecule has 0 heterocycles. The van der Waals surface area contributed by atoms with Gasteiger partial charge in [0.15, 0.2) is 0 Å². The SMILES string of the molecule is CCCCCC(CC)C(C)(C(=O)O)c1cccc(O)c1. The van der Waals surface area contributed by atoms with Crippen LogP contribution in [0.1, 0.15) is 58.4 Å². The van der Waals surface area contributed by atoms with E-state index in [9.17, 15) is 15.0 Å². The van der Waals surface area contributed by atoms with Crippen LogP contribution in [-0.4, -0.2) is 16.2 Å². The number of hydrogen-bond donors (Lipinski definition) is 2. The molecule has 1 aromatic carbocycles. The van der Waals surface area contributed by atoms with Gasteiger partial charge in [-0.1, -0.05) is 51.7 Å². The van der Waals surface area contributed by atoms with Gasteiger partial charge in [0.25, 0.3) is 0 Å². The molecule has 2 N–H and O–H groups in total. The average molecular weight is 278 g/mol. The third-order valence-corrected chi connectivity index (χ3v) is 4.36. The smallest absolute Gasteiger partial charge is 0.314 e. The summed E-state index contributed by atoms with van der Waals surface area (Å²) in [5.41, 5.74) is -0.255. The zero-order valence-electron chi connectivity index (χ0n) is 12.7. The fraction of sp³-hybridized carbons (Fsp3) is 0.588. The minimum atomic E-state index is -0.943. The Hall–Kier alpha value is -1.51. The quantitative estimate of drug-likeness (QED) is 0.695. The summed E-state index contributed by atoms with van der Waals surface area (Å²) in [6.45, 7) is 5.97. The van der Waals surface area contributed by atoms with Crippen molar-refractivity contribution in [1.29, 1.82) is 0 Å². The van der Waals surface area contributed by atoms with Gasteiger partial charge in [-0.3, -0.25) is 4.79 Å². The van der Waals surface area contributed by atoms with Gasteiger partial charge >= 0.3 is 5.97 Å². The monoisotopic (exact) mass is 278 g/mol. The summed E-state index contributed by atoms with van der Waals surface area (Å²) in [5, 5.41) is 19.4. The number of phenols is 1. The lowest BCUT2D eigenvalue weighted by Gasteiger charge is -2.34. The molecule has 3 heteroatoms. The predicted molar refractivity (Wildman–Crippen MR) is 81.0 cm³/mol. The van der Waals surface area contributed by atoms with Crippen LogP contribution in [0.3, 0.4) is 0 Å². The Balaban J connectivity index is 3.09. The Morgan fingerprint density at radius 3 is 2.50 bits per heavy atom. The fourth-order valence-electron chi connectivity index (χ4n) is 2.90. The summed E-state index contributed by atoms with van der Waals surface area (Å²) in [5.74, 6) is -0.613. The van der Waals surface area contributed by atoms with Crippen LogP contribution < -0.4 is 0 Å². The first-order chi connectivity index (χ1) is 9.46. The maximum atomic E-state index is 11.9. The Bertz CT molecular complexity index is 442. The van der Waals surface area contributed by atoms with E-state index in [0.717, 1.165) is 32.1 Å². The van der Waals surface area contributed by atoms with Crippen molar-refractivity contribution in [3.63, 3.8) is 0 Å². The lowest BCUT2D eigenvalue weighted by atomic mass is 9.68. The van der Waals surface area contributed by atoms with Crippen molar-refractivity contribution in [1.82, 2.24) is 0 Å². The molecule has 1 aromatic rings. The van der Waals surface area contributed by atoms with Crippen molar-refractivity contribution in [2.24, 2.45) is 5.92 Å². The van der Waals surface area contributed by atoms with Gasteiger partial charge < -0.3 is 10.2 Å². The van der Waals surface area contributed by atoms with Crippen molar-refractivity contribution in [2.45, 2.75) is 58.3 Å². The molecule has 3 nitrogen and oxygen atoms in total. The van der Waals surface area contributed by atoms with E-state index in [1.807, 2.05) is 6.92 Å². The minimum absolute atomic E-state index is 0.0772. The van der Waals surface area contributed by atoms with Crippen LogP contribution in [0.5, 0.6) is 5.75 Å². The van der Waals surface area contributed by atoms with E-state index in [1.165, 1.54) is 0 Å². The summed E-state index contributed by atoms with van der Waals surface area (Å²) in [6, 6.07) is 6.67. The van der Waals surface area contributed by atoms with Gasteiger partial charge in [-0.25, -0.2) is 0 Å². The predicted octanol–water partition coefficient (Wildman–Crippen LogP) is 4.34. The number of carboxylic acids is 1. The van der Waals surface area contributed by atoms with Crippen LogP contribution in [0.25, 0.3) is 0 Å². The molecule has 0 amide bonds. The maximum Gasteiger partial charge on any atom is 0.314 e. The Kier molecular flexibility index (Phi) is 6.05. The summed E-state index contributed by atoms with van der Waals surface area (Å²) >= 11 is 0. The number of hydrogen-bond acceptors (Lipinski definition) is 2. The van der Waals surface area contributed by atoms with E-state index in [0.29, 0.717) is 5.56 Å². The summed E-state index contributed by atoms with van der Waals surface area (Å²) in [7, 11) is 0. The van der Waals surface area contributed by atoms with Crippen molar-refractivity contribution >= 4 is 5.97 Å². The molecule has 0 bridgehead atoms. The zero-order chi connectivity index (χ0) is 15.2. The molecule has 2 unspecified atom stereocenters. The Morgan fingerprint density at radius 2 is 2.00 bits per heavy atom. The summed E-state index contributed by atoms with van der Waals surface area (Å²) < 4.78 is 0. The molecule has 0 aromatic heterocycles. The van der Waals surface area contributed by atoms with Crippen molar-refractivity contribution in [2.75, 3.05) is 0 Å². The maximum absolute atomic E-state index is 11.9. The topological polar surface area (TPSA) is 57.5 Å². The van der Waals surface area contributed by atoms with E-state index in [-0.39, 0.29) is 11.7 Å². The third kappa shape index (κ3) is 3.53. The number of aromatic hydroxyl groups is 1. The minimum Gasteiger partial charge on any atom is -0.508 e. The van der Waals surface area contributed by atoms with E-state index in [1.54, 1.807) is 31.2 Å². The largest absolute Gasteiger partial charge is 0.508 e. The number of benzene rings is 1. The van der Waals surface area contributed by atoms with Crippen LogP contribution in [0, 0.1) is 5.92 Å². The van der Waals surface area contributed by atoms with Gasteiger partial charge in [0.2, 0.25) is 0 Å². The second-order valence-electron chi connectivity index (χ2n) is 5.66. The van der Waals surface area contributed by atoms with Crippen molar-refractivity contribution < 1.29 is 15.0 Å². The first-order valence-electron chi connectivity index (χ1n) is 7.49. The van der Waals surface area contributed by atoms with Gasteiger partial charge in [-0.05, 0) is 37.0 Å². The van der Waals surface area contributed by atoms with Gasteiger partial charge in [0, 0.05) is 0 Å². The molecule has 0 saturated heterocycles. The summed E-state index contributed by atoms with van der Waals surface area (Å²) in [4.78, 5) is 11.9. The number of phenolic OH excluding ortho intramolecular Hbond substituents is 1. The molecule has 0 saturated carbocycles. The van der Waals surface area contributed by atoms with E-state index >= 15 is 0 Å². The first-order valence-corrected chi connectivity index (χ1v) is 7.49. The second-order valence-corrected chi connectivity index (χ2v) is 5.66. The van der Waals surface area contributed by atoms with Crippen LogP contribution in [-0.2, 0) is 10.2 Å². The molecule has 0 radical (unpaired) electrons. The van der Waals surface area contributed by atoms with Crippen molar-refractivity contribution in [3.8, 4) is 5.75 Å². The molecule has 1 rings (SSSR count). The molecule has 0 aliphatic carbocycles. The van der Waals surface area contributed by atoms with E-state index < -0.39 is 11.4 Å². The van der Waals surface area contributed by atoms with Gasteiger partial charge in [-0.15, -0.1) is 0 Å². The number of rotatable bonds is 8. The molecule has 0 fully saturated rings. The first kappa shape index (κ1) is 16.5. The molecule has 112 valence electrons. The lowest BCUT2D eigenvalue weighted by molar-refractivity contribution is -0.145. The molecular weight excluding hydrogens is 252 g/mol. The second kappa shape index (κ2) is 7.32. The molecule has 0 aliphatic rings. The third-order valence-electron chi connectivity index (χ3n) is 4.36. The normalized spacial score (nSPS) is 15.6. The number of aliphatic carboxylic acids is 1. The standard InChI is InChI=1S/C17H26O3/c1-4-6-7-9-13(5-2)17(3,16(19)20)14-10-8-11-15(18)12-14/h8,10-13,18H,4-7,9H2,1-3H3,(H,19,20). The van der Waals surface area contributed by atoms with Crippen LogP contribution >= 0.6 is 0 Å². The number of carboxylic acid groups (broad SMARTS) is 1. The zero-order valence-corrected chi connectivity index (χ0v) is 12.7. The lowest BCUT2D eigenvalue weighted by Crippen LogP contribution is -2.40. The van der Waals surface area contributed by atoms with Crippen LogP contribution in [0.2, 0.25) is 0 Å². The van der Waals surface area contributed by atoms with Gasteiger partial charge in [0.1, 0.15) is 5.75 Å². The summed E-state index contributed by atoms with van der Waals surface area (Å²) in [6.07, 6.45) is 5.04. The van der Waals surface area contributed by atoms with Crippen LogP contribution in [0.4, 0.5) is 0 Å². The molecule has 0 aliphatic heterocycles. The highest BCUT2D eigenvalue weighted by Crippen LogP contribution is 2.38. The Morgan fingerprint density at radius 1 is 1.30 bits per heavy atom. The van der Waals surface area contributed by atoms with Crippen LogP contribution in [0.15, 0.2) is 24.3 Å². The van der Waals surface area contributed by atoms with E-state index in [4.69, 9.17) is 0 Å².